The molecule has 8 nitrogen and oxygen atoms in total. The fraction of sp³-hybridized carbons (Fsp3) is 0.355. The number of nitrogens with one attached hydrogen (secondary N) is 1. The minimum absolute atomic E-state index is 0.0429. The number of ether oxygens (including phenoxy) is 1. The van der Waals surface area contributed by atoms with Crippen LogP contribution in [-0.4, -0.2) is 50.4 Å². The number of hydrogen-bond donors (Lipinski definition) is 1. The number of hydrogen-bond acceptors (Lipinski definition) is 5. The molecular weight excluding hydrogens is 562 g/mol. The SMILES string of the molecule is CC[C@@H](C(=O)NC(C)(C)C)N(Cc1ccc(OC)cc1)C(=O)CN(c1ccc(Cl)cc1C)S(=O)(=O)c1ccccc1. The molecule has 0 bridgehead atoms. The highest BCUT2D eigenvalue weighted by atomic mass is 35.5. The first-order chi connectivity index (χ1) is 19.3. The van der Waals surface area contributed by atoms with Crippen molar-refractivity contribution < 1.29 is 22.7 Å². The highest BCUT2D eigenvalue weighted by Gasteiger charge is 2.35. The molecule has 10 heteroatoms. The Bertz CT molecular complexity index is 1460. The Labute approximate surface area is 248 Å². The van der Waals surface area contributed by atoms with Gasteiger partial charge in [0.05, 0.1) is 17.7 Å². The van der Waals surface area contributed by atoms with Crippen molar-refractivity contribution in [1.29, 1.82) is 0 Å². The molecule has 41 heavy (non-hydrogen) atoms. The predicted molar refractivity (Wildman–Crippen MR) is 163 cm³/mol. The van der Waals surface area contributed by atoms with E-state index in [1.807, 2.05) is 39.8 Å². The standard InChI is InChI=1S/C31H38ClN3O5S/c1-7-27(30(37)33-31(3,4)5)34(20-23-13-16-25(40-6)17-14-23)29(36)21-35(28-18-15-24(32)19-22(28)2)41(38,39)26-11-9-8-10-12-26/h8-19,27H,7,20-21H2,1-6H3,(H,33,37)/t27-/m0/s1. The number of halogens is 1. The van der Waals surface area contributed by atoms with E-state index >= 15 is 0 Å². The molecule has 0 aliphatic rings. The summed E-state index contributed by atoms with van der Waals surface area (Å²) in [4.78, 5) is 29.1. The molecule has 220 valence electrons. The summed E-state index contributed by atoms with van der Waals surface area (Å²) in [7, 11) is -2.59. The topological polar surface area (TPSA) is 96.0 Å². The summed E-state index contributed by atoms with van der Waals surface area (Å²) in [5.74, 6) is -0.185. The van der Waals surface area contributed by atoms with Gasteiger partial charge in [-0.05, 0) is 87.7 Å². The molecule has 1 N–H and O–H groups in total. The molecular formula is C31H38ClN3O5S. The second-order valence-corrected chi connectivity index (χ2v) is 13.1. The second-order valence-electron chi connectivity index (χ2n) is 10.8. The van der Waals surface area contributed by atoms with Gasteiger partial charge in [-0.3, -0.25) is 13.9 Å². The Morgan fingerprint density at radius 1 is 1.00 bits per heavy atom. The van der Waals surface area contributed by atoms with Gasteiger partial charge >= 0.3 is 0 Å². The lowest BCUT2D eigenvalue weighted by molar-refractivity contribution is -0.141. The number of sulfonamides is 1. The average molecular weight is 600 g/mol. The van der Waals surface area contributed by atoms with Crippen LogP contribution in [0.3, 0.4) is 0 Å². The lowest BCUT2D eigenvalue weighted by Crippen LogP contribution is -2.55. The molecule has 0 aliphatic heterocycles. The van der Waals surface area contributed by atoms with E-state index in [1.165, 1.54) is 17.0 Å². The fourth-order valence-corrected chi connectivity index (χ4v) is 6.16. The van der Waals surface area contributed by atoms with Crippen LogP contribution in [0, 0.1) is 6.92 Å². The first-order valence-corrected chi connectivity index (χ1v) is 15.2. The Kier molecular flexibility index (Phi) is 10.4. The second kappa shape index (κ2) is 13.4. The quantitative estimate of drug-likeness (QED) is 0.311. The number of carbonyl (C=O) groups is 2. The predicted octanol–water partition coefficient (Wildman–Crippen LogP) is 5.57. The van der Waals surface area contributed by atoms with Crippen LogP contribution in [0.1, 0.15) is 45.2 Å². The van der Waals surface area contributed by atoms with Crippen LogP contribution in [0.5, 0.6) is 5.75 Å². The maximum Gasteiger partial charge on any atom is 0.264 e. The molecule has 2 amide bonds. The monoisotopic (exact) mass is 599 g/mol. The first kappa shape index (κ1) is 32.0. The molecule has 0 aliphatic carbocycles. The Morgan fingerprint density at radius 2 is 1.63 bits per heavy atom. The third kappa shape index (κ3) is 8.24. The van der Waals surface area contributed by atoms with Crippen LogP contribution in [0.25, 0.3) is 0 Å². The van der Waals surface area contributed by atoms with E-state index in [9.17, 15) is 18.0 Å². The summed E-state index contributed by atoms with van der Waals surface area (Å²) in [6, 6.07) is 19.1. The van der Waals surface area contributed by atoms with Gasteiger partial charge in [0.1, 0.15) is 18.3 Å². The number of aryl methyl sites for hydroxylation is 1. The molecule has 0 unspecified atom stereocenters. The number of methoxy groups -OCH3 is 1. The number of amides is 2. The van der Waals surface area contributed by atoms with Gasteiger partial charge in [-0.2, -0.15) is 0 Å². The number of anilines is 1. The van der Waals surface area contributed by atoms with Gasteiger partial charge in [-0.1, -0.05) is 48.9 Å². The van der Waals surface area contributed by atoms with E-state index in [1.54, 1.807) is 62.6 Å². The van der Waals surface area contributed by atoms with Crippen molar-refractivity contribution in [3.05, 3.63) is 88.9 Å². The van der Waals surface area contributed by atoms with Crippen LogP contribution >= 0.6 is 11.6 Å². The minimum atomic E-state index is -4.16. The smallest absolute Gasteiger partial charge is 0.264 e. The summed E-state index contributed by atoms with van der Waals surface area (Å²) < 4.78 is 34.2. The number of carbonyl (C=O) groups excluding carboxylic acids is 2. The molecule has 1 atom stereocenters. The van der Waals surface area contributed by atoms with Crippen LogP contribution in [-0.2, 0) is 26.2 Å². The van der Waals surface area contributed by atoms with Gasteiger partial charge in [0.15, 0.2) is 0 Å². The van der Waals surface area contributed by atoms with E-state index in [0.29, 0.717) is 28.4 Å². The molecule has 3 aromatic carbocycles. The molecule has 0 heterocycles. The van der Waals surface area contributed by atoms with E-state index in [4.69, 9.17) is 16.3 Å². The van der Waals surface area contributed by atoms with E-state index in [-0.39, 0.29) is 17.3 Å². The van der Waals surface area contributed by atoms with Crippen molar-refractivity contribution >= 4 is 39.1 Å². The summed E-state index contributed by atoms with van der Waals surface area (Å²) in [5, 5.41) is 3.41. The molecule has 3 aromatic rings. The Balaban J connectivity index is 2.09. The maximum atomic E-state index is 14.2. The molecule has 0 saturated carbocycles. The normalized spacial score (nSPS) is 12.4. The van der Waals surface area contributed by atoms with E-state index in [2.05, 4.69) is 5.32 Å². The third-order valence-corrected chi connectivity index (χ3v) is 8.44. The highest BCUT2D eigenvalue weighted by Crippen LogP contribution is 2.29. The largest absolute Gasteiger partial charge is 0.497 e. The summed E-state index contributed by atoms with van der Waals surface area (Å²) in [6.45, 7) is 8.73. The molecule has 0 saturated heterocycles. The van der Waals surface area contributed by atoms with Crippen molar-refractivity contribution in [3.63, 3.8) is 0 Å². The first-order valence-electron chi connectivity index (χ1n) is 13.3. The zero-order chi connectivity index (χ0) is 30.4. The lowest BCUT2D eigenvalue weighted by atomic mass is 10.1. The van der Waals surface area contributed by atoms with Gasteiger partial charge in [0, 0.05) is 17.1 Å². The summed E-state index contributed by atoms with van der Waals surface area (Å²) >= 11 is 6.17. The maximum absolute atomic E-state index is 14.2. The minimum Gasteiger partial charge on any atom is -0.497 e. The number of benzene rings is 3. The van der Waals surface area contributed by atoms with Crippen molar-refractivity contribution in [2.75, 3.05) is 18.0 Å². The fourth-order valence-electron chi connectivity index (χ4n) is 4.43. The average Bonchev–Trinajstić information content (AvgIpc) is 2.91. The lowest BCUT2D eigenvalue weighted by Gasteiger charge is -2.35. The van der Waals surface area contributed by atoms with Crippen LogP contribution in [0.2, 0.25) is 5.02 Å². The van der Waals surface area contributed by atoms with Crippen molar-refractivity contribution in [2.45, 2.75) is 64.1 Å². The van der Waals surface area contributed by atoms with E-state index < -0.39 is 34.1 Å². The van der Waals surface area contributed by atoms with Crippen molar-refractivity contribution in [1.82, 2.24) is 10.2 Å². The van der Waals surface area contributed by atoms with E-state index in [0.717, 1.165) is 9.87 Å². The zero-order valence-electron chi connectivity index (χ0n) is 24.3. The van der Waals surface area contributed by atoms with Crippen LogP contribution < -0.4 is 14.4 Å². The molecule has 0 fully saturated rings. The van der Waals surface area contributed by atoms with Crippen molar-refractivity contribution in [2.24, 2.45) is 0 Å². The number of rotatable bonds is 11. The molecule has 0 aromatic heterocycles. The number of nitrogens with zero attached hydrogens (tertiary/aromatic N) is 2. The highest BCUT2D eigenvalue weighted by molar-refractivity contribution is 7.92. The molecule has 0 radical (unpaired) electrons. The molecule has 3 rings (SSSR count). The van der Waals surface area contributed by atoms with Crippen molar-refractivity contribution in [3.8, 4) is 5.75 Å². The summed E-state index contributed by atoms with van der Waals surface area (Å²) in [5.41, 5.74) is 1.15. The van der Waals surface area contributed by atoms with Gasteiger partial charge < -0.3 is 15.0 Å². The third-order valence-electron chi connectivity index (χ3n) is 6.43. The van der Waals surface area contributed by atoms with Gasteiger partial charge in [-0.15, -0.1) is 0 Å². The molecule has 0 spiro atoms. The zero-order valence-corrected chi connectivity index (χ0v) is 25.9. The Hall–Kier alpha value is -3.56. The van der Waals surface area contributed by atoms with Gasteiger partial charge in [-0.25, -0.2) is 8.42 Å². The van der Waals surface area contributed by atoms with Gasteiger partial charge in [0.25, 0.3) is 10.0 Å². The van der Waals surface area contributed by atoms with Crippen LogP contribution in [0.4, 0.5) is 5.69 Å². The van der Waals surface area contributed by atoms with Gasteiger partial charge in [0.2, 0.25) is 11.8 Å². The van der Waals surface area contributed by atoms with Crippen LogP contribution in [0.15, 0.2) is 77.7 Å². The Morgan fingerprint density at radius 3 is 2.17 bits per heavy atom. The summed E-state index contributed by atoms with van der Waals surface area (Å²) in [6.07, 6.45) is 0.329.